The largest absolute Gasteiger partial charge is 0.376 e. The minimum Gasteiger partial charge on any atom is -0.376 e. The van der Waals surface area contributed by atoms with Crippen LogP contribution >= 0.6 is 0 Å². The van der Waals surface area contributed by atoms with Gasteiger partial charge in [0.1, 0.15) is 0 Å². The van der Waals surface area contributed by atoms with Crippen molar-refractivity contribution >= 4 is 0 Å². The number of hydrazine groups is 1. The highest BCUT2D eigenvalue weighted by atomic mass is 16.6. The average Bonchev–Trinajstić information content (AvgIpc) is 2.77. The first-order chi connectivity index (χ1) is 8.31. The third kappa shape index (κ3) is 3.26. The zero-order chi connectivity index (χ0) is 12.1. The van der Waals surface area contributed by atoms with Crippen LogP contribution in [0.25, 0.3) is 0 Å². The molecule has 0 radical (unpaired) electrons. The van der Waals surface area contributed by atoms with Crippen LogP contribution in [0.3, 0.4) is 0 Å². The lowest BCUT2D eigenvalue weighted by molar-refractivity contribution is -0.102. The first-order valence-electron chi connectivity index (χ1n) is 5.93. The van der Waals surface area contributed by atoms with Crippen LogP contribution in [0.5, 0.6) is 0 Å². The summed E-state index contributed by atoms with van der Waals surface area (Å²) in [5.41, 5.74) is 4.02. The summed E-state index contributed by atoms with van der Waals surface area (Å²) in [4.78, 5) is 0. The molecule has 0 saturated carbocycles. The van der Waals surface area contributed by atoms with Crippen LogP contribution in [-0.4, -0.2) is 41.7 Å². The maximum Gasteiger partial charge on any atom is 0.0975 e. The van der Waals surface area contributed by atoms with Crippen LogP contribution in [0.2, 0.25) is 0 Å². The lowest BCUT2D eigenvalue weighted by atomic mass is 10.0. The number of ether oxygens (including phenoxy) is 2. The molecule has 6 heteroatoms. The van der Waals surface area contributed by atoms with Crippen molar-refractivity contribution in [3.63, 3.8) is 0 Å². The molecule has 1 saturated heterocycles. The monoisotopic (exact) mass is 240 g/mol. The number of hydrogen-bond donors (Lipinski definition) is 2. The van der Waals surface area contributed by atoms with Crippen LogP contribution < -0.4 is 11.3 Å². The van der Waals surface area contributed by atoms with E-state index in [0.717, 1.165) is 12.8 Å². The van der Waals surface area contributed by atoms with Gasteiger partial charge in [-0.3, -0.25) is 16.0 Å². The van der Waals surface area contributed by atoms with E-state index in [-0.39, 0.29) is 12.1 Å². The molecular formula is C11H20N4O2. The van der Waals surface area contributed by atoms with Crippen molar-refractivity contribution in [2.24, 2.45) is 12.9 Å². The van der Waals surface area contributed by atoms with Crippen LogP contribution in [0.4, 0.5) is 0 Å². The summed E-state index contributed by atoms with van der Waals surface area (Å²) in [6, 6.07) is 2.14. The predicted octanol–water partition coefficient (Wildman–Crippen LogP) is -0.400. The second-order valence-electron chi connectivity index (χ2n) is 4.24. The maximum absolute atomic E-state index is 5.64. The Kier molecular flexibility index (Phi) is 4.49. The molecule has 2 rings (SSSR count). The van der Waals surface area contributed by atoms with Gasteiger partial charge >= 0.3 is 0 Å². The molecular weight excluding hydrogens is 220 g/mol. The zero-order valence-electron chi connectivity index (χ0n) is 10.1. The summed E-state index contributed by atoms with van der Waals surface area (Å²) in [6.07, 6.45) is 3.68. The molecule has 6 nitrogen and oxygen atoms in total. The maximum atomic E-state index is 5.64. The minimum absolute atomic E-state index is 0.0435. The lowest BCUT2D eigenvalue weighted by Crippen LogP contribution is -2.49. The van der Waals surface area contributed by atoms with Crippen molar-refractivity contribution in [3.8, 4) is 0 Å². The van der Waals surface area contributed by atoms with Crippen molar-refractivity contribution < 1.29 is 9.47 Å². The molecule has 1 aromatic rings. The third-order valence-corrected chi connectivity index (χ3v) is 3.14. The fraction of sp³-hybridized carbons (Fsp3) is 0.727. The molecule has 17 heavy (non-hydrogen) atoms. The number of nitrogens with two attached hydrogens (primary N) is 1. The van der Waals surface area contributed by atoms with Gasteiger partial charge in [-0.15, -0.1) is 0 Å². The molecule has 0 aromatic carbocycles. The van der Waals surface area contributed by atoms with Crippen molar-refractivity contribution in [1.29, 1.82) is 0 Å². The molecule has 1 aliphatic heterocycles. The molecule has 0 spiro atoms. The molecule has 0 aliphatic carbocycles. The minimum atomic E-state index is 0.0435. The Labute approximate surface area is 101 Å². The summed E-state index contributed by atoms with van der Waals surface area (Å²) in [7, 11) is 1.94. The van der Waals surface area contributed by atoms with Gasteiger partial charge in [-0.05, 0) is 18.9 Å². The van der Waals surface area contributed by atoms with Gasteiger partial charge in [0.15, 0.2) is 0 Å². The van der Waals surface area contributed by atoms with Crippen LogP contribution in [-0.2, 0) is 22.9 Å². The summed E-state index contributed by atoms with van der Waals surface area (Å²) in [5, 5.41) is 4.14. The van der Waals surface area contributed by atoms with Crippen molar-refractivity contribution in [1.82, 2.24) is 15.2 Å². The van der Waals surface area contributed by atoms with E-state index in [9.17, 15) is 0 Å². The number of hydrogen-bond acceptors (Lipinski definition) is 5. The number of rotatable bonds is 5. The second kappa shape index (κ2) is 6.11. The molecule has 1 fully saturated rings. The Morgan fingerprint density at radius 2 is 2.53 bits per heavy atom. The van der Waals surface area contributed by atoms with Crippen LogP contribution in [0.15, 0.2) is 12.3 Å². The van der Waals surface area contributed by atoms with Gasteiger partial charge in [-0.1, -0.05) is 0 Å². The van der Waals surface area contributed by atoms with E-state index in [0.29, 0.717) is 19.8 Å². The summed E-state index contributed by atoms with van der Waals surface area (Å²) in [5.74, 6) is 5.57. The van der Waals surface area contributed by atoms with Crippen LogP contribution in [0, 0.1) is 0 Å². The lowest BCUT2D eigenvalue weighted by Gasteiger charge is -2.29. The molecule has 1 aromatic heterocycles. The van der Waals surface area contributed by atoms with Gasteiger partial charge in [0.2, 0.25) is 0 Å². The van der Waals surface area contributed by atoms with E-state index in [4.69, 9.17) is 15.3 Å². The standard InChI is InChI=1S/C11H20N4O2/c1-15-9(4-5-13-15)2-3-10(14-12)11-8-16-6-7-17-11/h4-5,10-11,14H,2-3,6-8,12H2,1H3. The van der Waals surface area contributed by atoms with Gasteiger partial charge in [0.25, 0.3) is 0 Å². The first-order valence-corrected chi connectivity index (χ1v) is 5.93. The normalized spacial score (nSPS) is 22.6. The number of aryl methyl sites for hydroxylation is 2. The third-order valence-electron chi connectivity index (χ3n) is 3.14. The average molecular weight is 240 g/mol. The van der Waals surface area contributed by atoms with E-state index >= 15 is 0 Å². The predicted molar refractivity (Wildman–Crippen MR) is 63.2 cm³/mol. The van der Waals surface area contributed by atoms with E-state index in [1.54, 1.807) is 6.20 Å². The molecule has 2 atom stereocenters. The van der Waals surface area contributed by atoms with E-state index in [1.807, 2.05) is 17.8 Å². The van der Waals surface area contributed by atoms with Gasteiger partial charge in [0.05, 0.1) is 25.9 Å². The summed E-state index contributed by atoms with van der Waals surface area (Å²) >= 11 is 0. The SMILES string of the molecule is Cn1nccc1CCC(NN)C1COCCO1. The Morgan fingerprint density at radius 3 is 3.12 bits per heavy atom. The number of nitrogens with one attached hydrogen (secondary N) is 1. The molecule has 3 N–H and O–H groups in total. The molecule has 2 unspecified atom stereocenters. The quantitative estimate of drug-likeness (QED) is 0.541. The van der Waals surface area contributed by atoms with E-state index in [1.165, 1.54) is 5.69 Å². The van der Waals surface area contributed by atoms with Gasteiger partial charge in [0, 0.05) is 25.0 Å². The zero-order valence-corrected chi connectivity index (χ0v) is 10.1. The van der Waals surface area contributed by atoms with Gasteiger partial charge in [-0.25, -0.2) is 0 Å². The smallest absolute Gasteiger partial charge is 0.0975 e. The Hall–Kier alpha value is -0.950. The van der Waals surface area contributed by atoms with Gasteiger partial charge < -0.3 is 9.47 Å². The fourth-order valence-electron chi connectivity index (χ4n) is 2.06. The van der Waals surface area contributed by atoms with Gasteiger partial charge in [-0.2, -0.15) is 5.10 Å². The van der Waals surface area contributed by atoms with Crippen molar-refractivity contribution in [2.45, 2.75) is 25.0 Å². The number of aromatic nitrogens is 2. The topological polar surface area (TPSA) is 74.3 Å². The number of nitrogens with zero attached hydrogens (tertiary/aromatic N) is 2. The Morgan fingerprint density at radius 1 is 1.65 bits per heavy atom. The molecule has 2 heterocycles. The highest BCUT2D eigenvalue weighted by Crippen LogP contribution is 2.11. The Bertz CT molecular complexity index is 336. The van der Waals surface area contributed by atoms with E-state index < -0.39 is 0 Å². The molecule has 0 amide bonds. The fourth-order valence-corrected chi connectivity index (χ4v) is 2.06. The highest BCUT2D eigenvalue weighted by Gasteiger charge is 2.24. The molecule has 96 valence electrons. The molecule has 0 bridgehead atoms. The van der Waals surface area contributed by atoms with Crippen molar-refractivity contribution in [3.05, 3.63) is 18.0 Å². The summed E-state index contributed by atoms with van der Waals surface area (Å²) < 4.78 is 12.9. The first kappa shape index (κ1) is 12.5. The molecule has 1 aliphatic rings. The van der Waals surface area contributed by atoms with Crippen molar-refractivity contribution in [2.75, 3.05) is 19.8 Å². The van der Waals surface area contributed by atoms with Crippen LogP contribution in [0.1, 0.15) is 12.1 Å². The Balaban J connectivity index is 1.84. The highest BCUT2D eigenvalue weighted by molar-refractivity contribution is 5.00. The summed E-state index contributed by atoms with van der Waals surface area (Å²) in [6.45, 7) is 1.93. The second-order valence-corrected chi connectivity index (χ2v) is 4.24. The van der Waals surface area contributed by atoms with E-state index in [2.05, 4.69) is 10.5 Å².